The molecule has 1 fully saturated rings. The van der Waals surface area contributed by atoms with Crippen molar-refractivity contribution in [2.45, 2.75) is 37.6 Å². The van der Waals surface area contributed by atoms with Gasteiger partial charge in [-0.25, -0.2) is 4.79 Å². The third kappa shape index (κ3) is 4.07. The first-order valence-electron chi connectivity index (χ1n) is 12.6. The molecule has 0 aliphatic carbocycles. The lowest BCUT2D eigenvalue weighted by Gasteiger charge is -2.50. The largest absolute Gasteiger partial charge is 0.497 e. The number of aromatic amines is 1. The number of carbonyl (C=O) groups excluding carboxylic acids is 2. The zero-order valence-electron chi connectivity index (χ0n) is 20.8. The van der Waals surface area contributed by atoms with Crippen LogP contribution in [0.25, 0.3) is 10.9 Å². The molecule has 0 unspecified atom stereocenters. The Balaban J connectivity index is 1.57. The van der Waals surface area contributed by atoms with Gasteiger partial charge < -0.3 is 29.9 Å². The van der Waals surface area contributed by atoms with Crippen molar-refractivity contribution in [3.05, 3.63) is 59.5 Å². The van der Waals surface area contributed by atoms with Gasteiger partial charge in [-0.3, -0.25) is 9.78 Å². The van der Waals surface area contributed by atoms with E-state index in [2.05, 4.69) is 21.4 Å². The van der Waals surface area contributed by atoms with Gasteiger partial charge in [0.25, 0.3) is 5.91 Å². The van der Waals surface area contributed by atoms with Crippen LogP contribution in [-0.2, 0) is 5.41 Å². The summed E-state index contributed by atoms with van der Waals surface area (Å²) in [5.41, 5.74) is 3.11. The molecule has 36 heavy (non-hydrogen) atoms. The number of H-pyrrole nitrogens is 1. The summed E-state index contributed by atoms with van der Waals surface area (Å²) in [4.78, 5) is 37.6. The topological polar surface area (TPSA) is 111 Å². The molecule has 1 aromatic carbocycles. The molecule has 9 nitrogen and oxygen atoms in total. The van der Waals surface area contributed by atoms with Crippen LogP contribution in [0.15, 0.2) is 42.7 Å². The first kappa shape index (κ1) is 24.1. The van der Waals surface area contributed by atoms with Crippen LogP contribution in [-0.4, -0.2) is 76.7 Å². The Morgan fingerprint density at radius 3 is 2.64 bits per heavy atom. The maximum Gasteiger partial charge on any atom is 0.317 e. The number of fused-ring (bicyclic) bond motifs is 4. The highest BCUT2D eigenvalue weighted by Crippen LogP contribution is 2.49. The standard InChI is InChI=1S/C27H33N5O4/c1-3-10-29-26(35)31-13-8-27(9-14-31)17-32(25(34)18-6-11-28-12-7-18)22(16-33)24-23(27)20-5-4-19(36-2)15-21(20)30-24/h4-7,11-12,15,22,30,33H,3,8-10,13-14,16-17H2,1-2H3,(H,29,35)/t22-/m1/s1. The van der Waals surface area contributed by atoms with Gasteiger partial charge in [-0.15, -0.1) is 0 Å². The number of rotatable bonds is 5. The summed E-state index contributed by atoms with van der Waals surface area (Å²) in [5.74, 6) is 0.601. The van der Waals surface area contributed by atoms with Gasteiger partial charge in [0.05, 0.1) is 19.8 Å². The Kier molecular flexibility index (Phi) is 6.57. The molecule has 190 valence electrons. The van der Waals surface area contributed by atoms with Gasteiger partial charge in [0.1, 0.15) is 5.75 Å². The van der Waals surface area contributed by atoms with Crippen molar-refractivity contribution < 1.29 is 19.4 Å². The van der Waals surface area contributed by atoms with E-state index >= 15 is 0 Å². The minimum atomic E-state index is -0.504. The van der Waals surface area contributed by atoms with Crippen molar-refractivity contribution in [1.82, 2.24) is 25.1 Å². The molecule has 3 amide bonds. The molecule has 2 aliphatic rings. The number of urea groups is 1. The summed E-state index contributed by atoms with van der Waals surface area (Å²) in [7, 11) is 1.64. The lowest BCUT2D eigenvalue weighted by atomic mass is 9.68. The molecule has 0 radical (unpaired) electrons. The van der Waals surface area contributed by atoms with E-state index in [0.29, 0.717) is 31.7 Å². The number of nitrogens with one attached hydrogen (secondary N) is 2. The first-order valence-corrected chi connectivity index (χ1v) is 12.6. The van der Waals surface area contributed by atoms with Crippen LogP contribution < -0.4 is 10.1 Å². The number of carbonyl (C=O) groups is 2. The van der Waals surface area contributed by atoms with E-state index < -0.39 is 6.04 Å². The van der Waals surface area contributed by atoms with E-state index in [4.69, 9.17) is 4.74 Å². The molecule has 9 heteroatoms. The van der Waals surface area contributed by atoms with Crippen molar-refractivity contribution in [2.75, 3.05) is 39.9 Å². The minimum absolute atomic E-state index is 0.0376. The van der Waals surface area contributed by atoms with E-state index in [1.807, 2.05) is 24.0 Å². The van der Waals surface area contributed by atoms with Crippen molar-refractivity contribution in [3.8, 4) is 5.75 Å². The number of aliphatic hydroxyl groups is 1. The zero-order valence-corrected chi connectivity index (χ0v) is 20.8. The van der Waals surface area contributed by atoms with Gasteiger partial charge in [0.15, 0.2) is 0 Å². The summed E-state index contributed by atoms with van der Waals surface area (Å²) in [6, 6.07) is 8.82. The molecule has 5 rings (SSSR count). The quantitative estimate of drug-likeness (QED) is 0.508. The number of aromatic nitrogens is 2. The fourth-order valence-electron chi connectivity index (χ4n) is 5.77. The van der Waals surface area contributed by atoms with Crippen LogP contribution in [0.4, 0.5) is 4.79 Å². The van der Waals surface area contributed by atoms with Crippen LogP contribution in [0.2, 0.25) is 0 Å². The van der Waals surface area contributed by atoms with Crippen molar-refractivity contribution in [3.63, 3.8) is 0 Å². The maximum absolute atomic E-state index is 13.7. The summed E-state index contributed by atoms with van der Waals surface area (Å²) in [5, 5.41) is 14.6. The van der Waals surface area contributed by atoms with Gasteiger partial charge in [-0.2, -0.15) is 0 Å². The molecule has 0 bridgehead atoms. The number of nitrogens with zero attached hydrogens (tertiary/aromatic N) is 3. The van der Waals surface area contributed by atoms with Gasteiger partial charge in [-0.05, 0) is 49.1 Å². The van der Waals surface area contributed by atoms with E-state index in [-0.39, 0.29) is 24.0 Å². The second-order valence-corrected chi connectivity index (χ2v) is 9.69. The van der Waals surface area contributed by atoms with Crippen LogP contribution >= 0.6 is 0 Å². The summed E-state index contributed by atoms with van der Waals surface area (Å²) < 4.78 is 5.44. The van der Waals surface area contributed by atoms with Crippen LogP contribution in [0.3, 0.4) is 0 Å². The Hall–Kier alpha value is -3.59. The van der Waals surface area contributed by atoms with E-state index in [0.717, 1.165) is 47.2 Å². The van der Waals surface area contributed by atoms with Gasteiger partial charge in [-0.1, -0.05) is 6.92 Å². The highest BCUT2D eigenvalue weighted by Gasteiger charge is 2.49. The zero-order chi connectivity index (χ0) is 25.3. The number of methoxy groups -OCH3 is 1. The number of piperidine rings is 1. The second kappa shape index (κ2) is 9.81. The molecule has 4 heterocycles. The Bertz CT molecular complexity index is 1250. The van der Waals surface area contributed by atoms with Gasteiger partial charge >= 0.3 is 6.03 Å². The predicted molar refractivity (Wildman–Crippen MR) is 136 cm³/mol. The lowest BCUT2D eigenvalue weighted by Crippen LogP contribution is -2.56. The normalized spacial score (nSPS) is 18.8. The molecule has 1 saturated heterocycles. The molecule has 0 saturated carbocycles. The average Bonchev–Trinajstić information content (AvgIpc) is 3.31. The average molecular weight is 492 g/mol. The molecule has 2 aromatic heterocycles. The highest BCUT2D eigenvalue weighted by molar-refractivity contribution is 5.95. The molecule has 1 atom stereocenters. The fraction of sp³-hybridized carbons (Fsp3) is 0.444. The van der Waals surface area contributed by atoms with E-state index in [1.54, 1.807) is 36.5 Å². The van der Waals surface area contributed by atoms with Crippen LogP contribution in [0.1, 0.15) is 53.8 Å². The SMILES string of the molecule is CCCNC(=O)N1CCC2(CC1)CN(C(=O)c1ccncc1)[C@H](CO)c1[nH]c3cc(OC)ccc3c12. The Morgan fingerprint density at radius 1 is 1.22 bits per heavy atom. The molecular formula is C27H33N5O4. The number of likely N-dealkylation sites (tertiary alicyclic amines) is 1. The number of pyridine rings is 1. The monoisotopic (exact) mass is 491 g/mol. The highest BCUT2D eigenvalue weighted by atomic mass is 16.5. The van der Waals surface area contributed by atoms with E-state index in [9.17, 15) is 14.7 Å². The smallest absolute Gasteiger partial charge is 0.317 e. The van der Waals surface area contributed by atoms with Crippen molar-refractivity contribution in [1.29, 1.82) is 0 Å². The molecular weight excluding hydrogens is 458 g/mol. The summed E-state index contributed by atoms with van der Waals surface area (Å²) in [6.45, 7) is 4.15. The molecule has 3 aromatic rings. The maximum atomic E-state index is 13.7. The first-order chi connectivity index (χ1) is 17.5. The predicted octanol–water partition coefficient (Wildman–Crippen LogP) is 3.21. The summed E-state index contributed by atoms with van der Waals surface area (Å²) >= 11 is 0. The number of ether oxygens (including phenoxy) is 1. The fourth-order valence-corrected chi connectivity index (χ4v) is 5.77. The third-order valence-electron chi connectivity index (χ3n) is 7.64. The second-order valence-electron chi connectivity index (χ2n) is 9.69. The number of hydrogen-bond acceptors (Lipinski definition) is 5. The van der Waals surface area contributed by atoms with Gasteiger partial charge in [0, 0.05) is 72.2 Å². The van der Waals surface area contributed by atoms with Crippen molar-refractivity contribution >= 4 is 22.8 Å². The molecule has 3 N–H and O–H groups in total. The van der Waals surface area contributed by atoms with Gasteiger partial charge in [0.2, 0.25) is 0 Å². The third-order valence-corrected chi connectivity index (χ3v) is 7.64. The number of hydrogen-bond donors (Lipinski definition) is 3. The lowest BCUT2D eigenvalue weighted by molar-refractivity contribution is 0.0367. The van der Waals surface area contributed by atoms with Crippen LogP contribution in [0, 0.1) is 0 Å². The Labute approximate surface area is 210 Å². The minimum Gasteiger partial charge on any atom is -0.497 e. The van der Waals surface area contributed by atoms with Crippen LogP contribution in [0.5, 0.6) is 5.75 Å². The number of aliphatic hydroxyl groups excluding tert-OH is 1. The number of amides is 3. The van der Waals surface area contributed by atoms with Crippen molar-refractivity contribution in [2.24, 2.45) is 0 Å². The molecule has 2 aliphatic heterocycles. The Morgan fingerprint density at radius 2 is 1.97 bits per heavy atom. The number of benzene rings is 1. The summed E-state index contributed by atoms with van der Waals surface area (Å²) in [6.07, 6.45) is 5.54. The molecule has 1 spiro atoms. The van der Waals surface area contributed by atoms with E-state index in [1.165, 1.54) is 0 Å².